The molecule has 1 aliphatic rings. The van der Waals surface area contributed by atoms with Crippen molar-refractivity contribution < 1.29 is 14.2 Å². The molecule has 0 N–H and O–H groups in total. The largest absolute Gasteiger partial charge is 0.370 e. The first-order valence-corrected chi connectivity index (χ1v) is 11.6. The van der Waals surface area contributed by atoms with E-state index in [2.05, 4.69) is 36.4 Å². The summed E-state index contributed by atoms with van der Waals surface area (Å²) in [6.45, 7) is 1.73. The highest BCUT2D eigenvalue weighted by atomic mass is 32.2. The van der Waals surface area contributed by atoms with Crippen molar-refractivity contribution in [1.82, 2.24) is 0 Å². The van der Waals surface area contributed by atoms with Crippen LogP contribution in [-0.2, 0) is 34.0 Å². The molecule has 156 valence electrons. The average Bonchev–Trinajstić information content (AvgIpc) is 2.82. The maximum atomic E-state index is 6.41. The topological polar surface area (TPSA) is 27.7 Å². The number of hydrogen-bond acceptors (Lipinski definition) is 4. The number of benzene rings is 3. The zero-order valence-electron chi connectivity index (χ0n) is 17.1. The summed E-state index contributed by atoms with van der Waals surface area (Å²) in [5, 5.41) is 0. The molecule has 4 rings (SSSR count). The Morgan fingerprint density at radius 2 is 0.900 bits per heavy atom. The van der Waals surface area contributed by atoms with Crippen LogP contribution in [0.4, 0.5) is 0 Å². The molecule has 0 aliphatic carbocycles. The van der Waals surface area contributed by atoms with Crippen molar-refractivity contribution in [3.63, 3.8) is 0 Å². The van der Waals surface area contributed by atoms with Crippen molar-refractivity contribution in [1.29, 1.82) is 0 Å². The van der Waals surface area contributed by atoms with Gasteiger partial charge in [0.05, 0.1) is 32.0 Å². The molecule has 30 heavy (non-hydrogen) atoms. The van der Waals surface area contributed by atoms with E-state index in [1.165, 1.54) is 16.7 Å². The molecule has 4 heteroatoms. The Morgan fingerprint density at radius 1 is 0.533 bits per heavy atom. The fraction of sp³-hybridized carbons (Fsp3) is 0.308. The van der Waals surface area contributed by atoms with Crippen molar-refractivity contribution in [3.8, 4) is 0 Å². The summed E-state index contributed by atoms with van der Waals surface area (Å²) in [4.78, 5) is 0. The molecule has 1 unspecified atom stereocenters. The Balaban J connectivity index is 1.42. The molecule has 1 aliphatic heterocycles. The molecule has 0 bridgehead atoms. The van der Waals surface area contributed by atoms with Crippen molar-refractivity contribution in [2.45, 2.75) is 38.1 Å². The summed E-state index contributed by atoms with van der Waals surface area (Å²) in [7, 11) is 0. The second-order valence-electron chi connectivity index (χ2n) is 7.47. The van der Waals surface area contributed by atoms with E-state index >= 15 is 0 Å². The molecular formula is C26H28O3S. The Morgan fingerprint density at radius 3 is 1.30 bits per heavy atom. The van der Waals surface area contributed by atoms with Gasteiger partial charge in [-0.05, 0) is 16.7 Å². The molecule has 3 aromatic rings. The van der Waals surface area contributed by atoms with E-state index in [1.54, 1.807) is 0 Å². The molecule has 1 fully saturated rings. The summed E-state index contributed by atoms with van der Waals surface area (Å²) < 4.78 is 19.1. The van der Waals surface area contributed by atoms with Crippen molar-refractivity contribution in [3.05, 3.63) is 108 Å². The quantitative estimate of drug-likeness (QED) is 0.458. The third-order valence-corrected chi connectivity index (χ3v) is 6.32. The van der Waals surface area contributed by atoms with E-state index in [0.717, 1.165) is 11.5 Å². The van der Waals surface area contributed by atoms with E-state index in [4.69, 9.17) is 14.2 Å². The van der Waals surface area contributed by atoms with Gasteiger partial charge in [-0.1, -0.05) is 91.0 Å². The van der Waals surface area contributed by atoms with Gasteiger partial charge in [-0.25, -0.2) is 0 Å². The summed E-state index contributed by atoms with van der Waals surface area (Å²) in [5.41, 5.74) is 3.52. The lowest BCUT2D eigenvalue weighted by Gasteiger charge is -2.37. The molecule has 1 saturated heterocycles. The molecule has 1 heterocycles. The highest BCUT2D eigenvalue weighted by Crippen LogP contribution is 2.28. The SMILES string of the molecule is c1ccc(COC2[C@@H](OCc3ccccc3)CSC[C@H]2OCc2ccccc2)cc1. The van der Waals surface area contributed by atoms with Crippen molar-refractivity contribution in [2.75, 3.05) is 11.5 Å². The van der Waals surface area contributed by atoms with Crippen LogP contribution in [0.3, 0.4) is 0 Å². The second-order valence-corrected chi connectivity index (χ2v) is 8.54. The van der Waals surface area contributed by atoms with Crippen LogP contribution in [0.15, 0.2) is 91.0 Å². The lowest BCUT2D eigenvalue weighted by molar-refractivity contribution is -0.141. The third-order valence-electron chi connectivity index (χ3n) is 5.20. The molecule has 3 aromatic carbocycles. The predicted octanol–water partition coefficient (Wildman–Crippen LogP) is 5.49. The third kappa shape index (κ3) is 6.19. The van der Waals surface area contributed by atoms with E-state index in [1.807, 2.05) is 66.4 Å². The van der Waals surface area contributed by atoms with Crippen LogP contribution in [0.2, 0.25) is 0 Å². The van der Waals surface area contributed by atoms with Gasteiger partial charge in [0, 0.05) is 11.5 Å². The minimum atomic E-state index is -0.0983. The van der Waals surface area contributed by atoms with Crippen LogP contribution in [0.25, 0.3) is 0 Å². The maximum absolute atomic E-state index is 6.41. The molecule has 0 aromatic heterocycles. The highest BCUT2D eigenvalue weighted by Gasteiger charge is 2.36. The number of rotatable bonds is 9. The van der Waals surface area contributed by atoms with Crippen molar-refractivity contribution >= 4 is 11.8 Å². The number of thioether (sulfide) groups is 1. The van der Waals surface area contributed by atoms with Gasteiger partial charge < -0.3 is 14.2 Å². The maximum Gasteiger partial charge on any atom is 0.112 e. The van der Waals surface area contributed by atoms with Crippen LogP contribution >= 0.6 is 11.8 Å². The standard InChI is InChI=1S/C26H28O3S/c1-4-10-21(11-5-1)16-27-24-19-30-20-25(28-17-22-12-6-2-7-13-22)26(24)29-18-23-14-8-3-9-15-23/h1-15,24-26H,16-20H2/t24-,25+,26?. The Kier molecular flexibility index (Phi) is 7.98. The van der Waals surface area contributed by atoms with Gasteiger partial charge in [0.1, 0.15) is 6.10 Å². The molecule has 3 nitrogen and oxygen atoms in total. The molecule has 0 amide bonds. The lowest BCUT2D eigenvalue weighted by Crippen LogP contribution is -2.48. The second kappa shape index (κ2) is 11.3. The zero-order chi connectivity index (χ0) is 20.4. The van der Waals surface area contributed by atoms with Gasteiger partial charge in [0.25, 0.3) is 0 Å². The first-order valence-electron chi connectivity index (χ1n) is 10.4. The number of hydrogen-bond donors (Lipinski definition) is 0. The fourth-order valence-corrected chi connectivity index (χ4v) is 4.72. The van der Waals surface area contributed by atoms with Gasteiger partial charge in [0.15, 0.2) is 0 Å². The lowest BCUT2D eigenvalue weighted by atomic mass is 10.1. The fourth-order valence-electron chi connectivity index (χ4n) is 3.55. The Hall–Kier alpha value is -2.11. The minimum Gasteiger partial charge on any atom is -0.370 e. The van der Waals surface area contributed by atoms with E-state index in [-0.39, 0.29) is 18.3 Å². The molecule has 0 saturated carbocycles. The summed E-state index contributed by atoms with van der Waals surface area (Å²) in [6, 6.07) is 30.9. The van der Waals surface area contributed by atoms with Crippen LogP contribution in [0.1, 0.15) is 16.7 Å². The number of ether oxygens (including phenoxy) is 3. The summed E-state index contributed by atoms with van der Waals surface area (Å²) in [6.07, 6.45) is -0.110. The van der Waals surface area contributed by atoms with Gasteiger partial charge >= 0.3 is 0 Å². The summed E-state index contributed by atoms with van der Waals surface area (Å²) >= 11 is 1.88. The van der Waals surface area contributed by atoms with Gasteiger partial charge in [-0.2, -0.15) is 11.8 Å². The molecular weight excluding hydrogens is 392 g/mol. The predicted molar refractivity (Wildman–Crippen MR) is 122 cm³/mol. The Labute approximate surface area is 183 Å². The van der Waals surface area contributed by atoms with Crippen LogP contribution < -0.4 is 0 Å². The smallest absolute Gasteiger partial charge is 0.112 e. The van der Waals surface area contributed by atoms with E-state index in [9.17, 15) is 0 Å². The van der Waals surface area contributed by atoms with Gasteiger partial charge in [0.2, 0.25) is 0 Å². The van der Waals surface area contributed by atoms with Crippen LogP contribution in [0.5, 0.6) is 0 Å². The monoisotopic (exact) mass is 420 g/mol. The minimum absolute atomic E-state index is 0.00607. The zero-order valence-corrected chi connectivity index (χ0v) is 17.9. The average molecular weight is 421 g/mol. The molecule has 3 atom stereocenters. The van der Waals surface area contributed by atoms with Gasteiger partial charge in [-0.15, -0.1) is 0 Å². The first-order chi connectivity index (χ1) is 14.9. The Bertz CT molecular complexity index is 806. The molecule has 0 radical (unpaired) electrons. The van der Waals surface area contributed by atoms with Crippen LogP contribution in [0, 0.1) is 0 Å². The van der Waals surface area contributed by atoms with E-state index < -0.39 is 0 Å². The van der Waals surface area contributed by atoms with Gasteiger partial charge in [-0.3, -0.25) is 0 Å². The molecule has 0 spiro atoms. The normalized spacial score (nSPS) is 21.4. The summed E-state index contributed by atoms with van der Waals surface area (Å²) in [5.74, 6) is 1.83. The van der Waals surface area contributed by atoms with Crippen LogP contribution in [-0.4, -0.2) is 29.8 Å². The van der Waals surface area contributed by atoms with Crippen molar-refractivity contribution in [2.24, 2.45) is 0 Å². The first kappa shape index (κ1) is 21.1. The van der Waals surface area contributed by atoms with E-state index in [0.29, 0.717) is 19.8 Å². The highest BCUT2D eigenvalue weighted by molar-refractivity contribution is 7.99.